The largest absolute Gasteiger partial charge is 0.325 e. The number of aromatic nitrogens is 3. The molecule has 19 heavy (non-hydrogen) atoms. The lowest BCUT2D eigenvalue weighted by atomic mass is 10.3. The maximum atomic E-state index is 11.9. The van der Waals surface area contributed by atoms with Crippen LogP contribution in [0.2, 0.25) is 0 Å². The molecule has 8 nitrogen and oxygen atoms in total. The lowest BCUT2D eigenvalue weighted by Gasteiger charge is -2.05. The molecule has 0 fully saturated rings. The number of rotatable bonds is 4. The van der Waals surface area contributed by atoms with Crippen molar-refractivity contribution in [1.82, 2.24) is 19.7 Å². The number of nitrogens with zero attached hydrogens (tertiary/aromatic N) is 1. The zero-order valence-corrected chi connectivity index (χ0v) is 10.4. The Labute approximate surface area is 107 Å². The highest BCUT2D eigenvalue weighted by Gasteiger charge is 2.18. The van der Waals surface area contributed by atoms with E-state index in [1.54, 1.807) is 12.1 Å². The molecule has 0 aliphatic rings. The lowest BCUT2D eigenvalue weighted by Crippen LogP contribution is -2.32. The minimum Gasteiger partial charge on any atom is -0.313 e. The molecule has 0 aliphatic carbocycles. The van der Waals surface area contributed by atoms with Crippen LogP contribution in [-0.2, 0) is 16.6 Å². The van der Waals surface area contributed by atoms with Crippen molar-refractivity contribution in [1.29, 1.82) is 0 Å². The average Bonchev–Trinajstić information content (AvgIpc) is 2.37. The summed E-state index contributed by atoms with van der Waals surface area (Å²) in [5.74, 6) is 0. The van der Waals surface area contributed by atoms with E-state index in [2.05, 4.69) is 14.7 Å². The van der Waals surface area contributed by atoms with Gasteiger partial charge in [-0.05, 0) is 17.7 Å². The molecule has 0 saturated carbocycles. The SMILES string of the molecule is O=c1[nH]cc(S(=O)(=O)NCc2ccncc2)c(=O)[nH]1. The van der Waals surface area contributed by atoms with Gasteiger partial charge in [-0.3, -0.25) is 14.8 Å². The van der Waals surface area contributed by atoms with Gasteiger partial charge in [0.2, 0.25) is 10.0 Å². The van der Waals surface area contributed by atoms with Crippen LogP contribution in [0.4, 0.5) is 0 Å². The van der Waals surface area contributed by atoms with E-state index in [4.69, 9.17) is 0 Å². The Kier molecular flexibility index (Phi) is 3.58. The van der Waals surface area contributed by atoms with Gasteiger partial charge in [-0.1, -0.05) is 0 Å². The van der Waals surface area contributed by atoms with Gasteiger partial charge < -0.3 is 4.98 Å². The van der Waals surface area contributed by atoms with Gasteiger partial charge in [0.25, 0.3) is 5.56 Å². The second kappa shape index (κ2) is 5.16. The number of H-pyrrole nitrogens is 2. The van der Waals surface area contributed by atoms with Gasteiger partial charge in [-0.15, -0.1) is 0 Å². The van der Waals surface area contributed by atoms with Crippen LogP contribution in [0.25, 0.3) is 0 Å². The second-order valence-electron chi connectivity index (χ2n) is 3.62. The molecule has 100 valence electrons. The molecular weight excluding hydrogens is 272 g/mol. The molecule has 9 heteroatoms. The summed E-state index contributed by atoms with van der Waals surface area (Å²) in [5, 5.41) is 0. The first-order valence-corrected chi connectivity index (χ1v) is 6.68. The summed E-state index contributed by atoms with van der Waals surface area (Å²) in [6.45, 7) is 0.0173. The molecule has 2 aromatic heterocycles. The molecule has 0 radical (unpaired) electrons. The fraction of sp³-hybridized carbons (Fsp3) is 0.100. The van der Waals surface area contributed by atoms with Crippen molar-refractivity contribution < 1.29 is 8.42 Å². The summed E-state index contributed by atoms with van der Waals surface area (Å²) in [5.41, 5.74) is -1.04. The van der Waals surface area contributed by atoms with Crippen molar-refractivity contribution in [2.24, 2.45) is 0 Å². The highest BCUT2D eigenvalue weighted by molar-refractivity contribution is 7.89. The van der Waals surface area contributed by atoms with Crippen LogP contribution < -0.4 is 16.0 Å². The van der Waals surface area contributed by atoms with Crippen LogP contribution in [0.15, 0.2) is 45.2 Å². The smallest absolute Gasteiger partial charge is 0.313 e. The first kappa shape index (κ1) is 13.2. The standard InChI is InChI=1S/C10H10N4O4S/c15-9-8(6-12-10(16)14-9)19(17,18)13-5-7-1-3-11-4-2-7/h1-4,6,13H,5H2,(H2,12,14,15,16). The predicted molar refractivity (Wildman–Crippen MR) is 65.9 cm³/mol. The van der Waals surface area contributed by atoms with Gasteiger partial charge in [-0.2, -0.15) is 0 Å². The van der Waals surface area contributed by atoms with E-state index in [1.807, 2.05) is 4.98 Å². The Morgan fingerprint density at radius 3 is 2.53 bits per heavy atom. The van der Waals surface area contributed by atoms with Crippen molar-refractivity contribution in [3.63, 3.8) is 0 Å². The number of hydrogen-bond donors (Lipinski definition) is 3. The maximum absolute atomic E-state index is 11.9. The zero-order chi connectivity index (χ0) is 13.9. The normalized spacial score (nSPS) is 11.4. The molecular formula is C10H10N4O4S. The second-order valence-corrected chi connectivity index (χ2v) is 5.35. The summed E-state index contributed by atoms with van der Waals surface area (Å²) < 4.78 is 26.0. The molecule has 0 aliphatic heterocycles. The molecule has 2 rings (SSSR count). The summed E-state index contributed by atoms with van der Waals surface area (Å²) in [4.78, 5) is 29.4. The Balaban J connectivity index is 2.24. The van der Waals surface area contributed by atoms with E-state index in [9.17, 15) is 18.0 Å². The molecule has 2 heterocycles. The van der Waals surface area contributed by atoms with Crippen LogP contribution in [0.3, 0.4) is 0 Å². The topological polar surface area (TPSA) is 125 Å². The van der Waals surface area contributed by atoms with Crippen LogP contribution in [0.5, 0.6) is 0 Å². The molecule has 0 spiro atoms. The highest BCUT2D eigenvalue weighted by Crippen LogP contribution is 2.01. The number of hydrogen-bond acceptors (Lipinski definition) is 5. The fourth-order valence-electron chi connectivity index (χ4n) is 1.35. The Morgan fingerprint density at radius 2 is 1.89 bits per heavy atom. The van der Waals surface area contributed by atoms with Gasteiger partial charge in [0, 0.05) is 25.1 Å². The molecule has 3 N–H and O–H groups in total. The number of nitrogens with one attached hydrogen (secondary N) is 3. The Bertz CT molecular complexity index is 779. The third-order valence-corrected chi connectivity index (χ3v) is 3.70. The minimum atomic E-state index is -3.99. The summed E-state index contributed by atoms with van der Waals surface area (Å²) >= 11 is 0. The average molecular weight is 282 g/mol. The summed E-state index contributed by atoms with van der Waals surface area (Å²) in [7, 11) is -3.99. The Hall–Kier alpha value is -2.26. The lowest BCUT2D eigenvalue weighted by molar-refractivity contribution is 0.579. The van der Waals surface area contributed by atoms with Gasteiger partial charge in [-0.25, -0.2) is 17.9 Å². The van der Waals surface area contributed by atoms with Crippen molar-refractivity contribution in [3.05, 3.63) is 57.1 Å². The third-order valence-electron chi connectivity index (χ3n) is 2.29. The van der Waals surface area contributed by atoms with Gasteiger partial charge in [0.1, 0.15) is 0 Å². The number of aromatic amines is 2. The summed E-state index contributed by atoms with van der Waals surface area (Å²) in [6, 6.07) is 3.28. The van der Waals surface area contributed by atoms with Crippen LogP contribution in [0, 0.1) is 0 Å². The third kappa shape index (κ3) is 3.14. The van der Waals surface area contributed by atoms with Gasteiger partial charge in [0.15, 0.2) is 4.90 Å². The zero-order valence-electron chi connectivity index (χ0n) is 9.58. The highest BCUT2D eigenvalue weighted by atomic mass is 32.2. The van der Waals surface area contributed by atoms with E-state index in [0.717, 1.165) is 6.20 Å². The van der Waals surface area contributed by atoms with E-state index in [1.165, 1.54) is 12.4 Å². The first-order chi connectivity index (χ1) is 8.99. The van der Waals surface area contributed by atoms with E-state index in [0.29, 0.717) is 5.56 Å². The van der Waals surface area contributed by atoms with Gasteiger partial charge >= 0.3 is 5.69 Å². The molecule has 0 aromatic carbocycles. The Morgan fingerprint density at radius 1 is 1.21 bits per heavy atom. The van der Waals surface area contributed by atoms with Crippen LogP contribution in [-0.4, -0.2) is 23.4 Å². The molecule has 0 amide bonds. The van der Waals surface area contributed by atoms with Crippen molar-refractivity contribution in [2.75, 3.05) is 0 Å². The number of sulfonamides is 1. The molecule has 0 bridgehead atoms. The fourth-order valence-corrected chi connectivity index (χ4v) is 2.38. The van der Waals surface area contributed by atoms with Crippen molar-refractivity contribution in [2.45, 2.75) is 11.4 Å². The van der Waals surface area contributed by atoms with E-state index in [-0.39, 0.29) is 6.54 Å². The monoisotopic (exact) mass is 282 g/mol. The quantitative estimate of drug-likeness (QED) is 0.659. The predicted octanol–water partition coefficient (Wildman–Crippen LogP) is -1.06. The molecule has 2 aromatic rings. The number of pyridine rings is 1. The van der Waals surface area contributed by atoms with Crippen LogP contribution in [0.1, 0.15) is 5.56 Å². The first-order valence-electron chi connectivity index (χ1n) is 5.19. The van der Waals surface area contributed by atoms with Crippen molar-refractivity contribution in [3.8, 4) is 0 Å². The maximum Gasteiger partial charge on any atom is 0.325 e. The summed E-state index contributed by atoms with van der Waals surface area (Å²) in [6.07, 6.45) is 3.91. The minimum absolute atomic E-state index is 0.0173. The molecule has 0 saturated heterocycles. The van der Waals surface area contributed by atoms with Gasteiger partial charge in [0.05, 0.1) is 0 Å². The molecule has 0 atom stereocenters. The van der Waals surface area contributed by atoms with Crippen molar-refractivity contribution >= 4 is 10.0 Å². The van der Waals surface area contributed by atoms with Crippen LogP contribution >= 0.6 is 0 Å². The molecule has 0 unspecified atom stereocenters. The van der Waals surface area contributed by atoms with E-state index >= 15 is 0 Å². The van der Waals surface area contributed by atoms with E-state index < -0.39 is 26.2 Å².